The molecule has 0 bridgehead atoms. The van der Waals surface area contributed by atoms with Gasteiger partial charge in [0.25, 0.3) is 0 Å². The van der Waals surface area contributed by atoms with Crippen molar-refractivity contribution in [3.63, 3.8) is 0 Å². The largest absolute Gasteiger partial charge is 0.481 e. The van der Waals surface area contributed by atoms with Gasteiger partial charge in [0, 0.05) is 23.9 Å². The monoisotopic (exact) mass is 322 g/mol. The summed E-state index contributed by atoms with van der Waals surface area (Å²) in [6.45, 7) is 3.89. The van der Waals surface area contributed by atoms with Crippen LogP contribution in [0.1, 0.15) is 24.8 Å². The van der Waals surface area contributed by atoms with Crippen molar-refractivity contribution in [2.75, 3.05) is 6.54 Å². The minimum Gasteiger partial charge on any atom is -0.481 e. The third-order valence-electron chi connectivity index (χ3n) is 3.16. The molecule has 0 radical (unpaired) electrons. The van der Waals surface area contributed by atoms with E-state index in [4.69, 9.17) is 9.52 Å². The van der Waals surface area contributed by atoms with Crippen LogP contribution in [0, 0.1) is 12.8 Å². The van der Waals surface area contributed by atoms with Gasteiger partial charge in [-0.05, 0) is 24.3 Å². The van der Waals surface area contributed by atoms with E-state index < -0.39 is 5.97 Å². The summed E-state index contributed by atoms with van der Waals surface area (Å²) in [5.74, 6) is -0.0306. The zero-order valence-corrected chi connectivity index (χ0v) is 13.3. The molecular weight excluding hydrogens is 304 g/mol. The van der Waals surface area contributed by atoms with Gasteiger partial charge in [-0.25, -0.2) is 4.98 Å². The molecule has 1 unspecified atom stereocenters. The van der Waals surface area contributed by atoms with Gasteiger partial charge in [0.15, 0.2) is 0 Å². The van der Waals surface area contributed by atoms with Crippen LogP contribution in [0.4, 0.5) is 0 Å². The summed E-state index contributed by atoms with van der Waals surface area (Å²) in [5, 5.41) is 15.3. The maximum absolute atomic E-state index is 11.9. The molecular formula is C15H18N2O4S. The molecule has 0 aliphatic rings. The van der Waals surface area contributed by atoms with Crippen molar-refractivity contribution in [2.24, 2.45) is 5.92 Å². The number of aromatic nitrogens is 1. The Kier molecular flexibility index (Phi) is 5.32. The number of oxazole rings is 1. The summed E-state index contributed by atoms with van der Waals surface area (Å²) in [7, 11) is 0. The van der Waals surface area contributed by atoms with Gasteiger partial charge < -0.3 is 14.8 Å². The number of hydrogen-bond donors (Lipinski definition) is 2. The average Bonchev–Trinajstić information content (AvgIpc) is 3.06. The number of amides is 1. The van der Waals surface area contributed by atoms with E-state index in [1.807, 2.05) is 16.8 Å². The Morgan fingerprint density at radius 2 is 2.27 bits per heavy atom. The van der Waals surface area contributed by atoms with E-state index in [1.54, 1.807) is 25.2 Å². The Bertz CT molecular complexity index is 649. The molecule has 0 aliphatic heterocycles. The lowest BCUT2D eigenvalue weighted by molar-refractivity contribution is -0.138. The molecule has 0 saturated heterocycles. The molecule has 0 spiro atoms. The topological polar surface area (TPSA) is 92.4 Å². The number of carbonyl (C=O) groups is 2. The Morgan fingerprint density at radius 1 is 1.50 bits per heavy atom. The molecule has 7 heteroatoms. The molecule has 2 heterocycles. The quantitative estimate of drug-likeness (QED) is 0.817. The summed E-state index contributed by atoms with van der Waals surface area (Å²) in [4.78, 5) is 26.8. The summed E-state index contributed by atoms with van der Waals surface area (Å²) in [5.41, 5.74) is 1.50. The number of carboxylic acid groups (broad SMARTS) is 1. The van der Waals surface area contributed by atoms with Gasteiger partial charge in [0.1, 0.15) is 5.76 Å². The smallest absolute Gasteiger partial charge is 0.303 e. The Labute approximate surface area is 132 Å². The number of aliphatic carboxylic acids is 1. The van der Waals surface area contributed by atoms with Gasteiger partial charge in [-0.3, -0.25) is 9.59 Å². The van der Waals surface area contributed by atoms with Crippen molar-refractivity contribution in [3.05, 3.63) is 28.3 Å². The molecule has 118 valence electrons. The van der Waals surface area contributed by atoms with Crippen molar-refractivity contribution in [2.45, 2.75) is 26.7 Å². The number of carboxylic acids is 1. The zero-order valence-electron chi connectivity index (χ0n) is 12.5. The highest BCUT2D eigenvalue weighted by molar-refractivity contribution is 7.08. The second-order valence-electron chi connectivity index (χ2n) is 5.22. The van der Waals surface area contributed by atoms with Gasteiger partial charge in [-0.1, -0.05) is 6.92 Å². The van der Waals surface area contributed by atoms with E-state index in [1.165, 1.54) is 0 Å². The lowest BCUT2D eigenvalue weighted by atomic mass is 10.1. The number of rotatable bonds is 7. The van der Waals surface area contributed by atoms with Gasteiger partial charge in [0.2, 0.25) is 11.8 Å². The SMILES string of the molecule is Cc1oc(-c2ccsc2)nc1CC(=O)NCC(C)CC(=O)O. The van der Waals surface area contributed by atoms with Crippen molar-refractivity contribution in [1.82, 2.24) is 10.3 Å². The van der Waals surface area contributed by atoms with Crippen LogP contribution in [-0.2, 0) is 16.0 Å². The van der Waals surface area contributed by atoms with Crippen LogP contribution >= 0.6 is 11.3 Å². The highest BCUT2D eigenvalue weighted by Crippen LogP contribution is 2.23. The first-order valence-electron chi connectivity index (χ1n) is 6.93. The molecule has 0 saturated carbocycles. The maximum atomic E-state index is 11.9. The van der Waals surface area contributed by atoms with Crippen LogP contribution in [0.3, 0.4) is 0 Å². The zero-order chi connectivity index (χ0) is 16.1. The molecule has 2 rings (SSSR count). The number of hydrogen-bond acceptors (Lipinski definition) is 5. The normalized spacial score (nSPS) is 12.1. The van der Waals surface area contributed by atoms with Crippen LogP contribution < -0.4 is 5.32 Å². The van der Waals surface area contributed by atoms with Crippen LogP contribution in [0.5, 0.6) is 0 Å². The van der Waals surface area contributed by atoms with Crippen LogP contribution in [0.15, 0.2) is 21.2 Å². The predicted octanol–water partition coefficient (Wildman–Crippen LogP) is 2.48. The van der Waals surface area contributed by atoms with E-state index >= 15 is 0 Å². The lowest BCUT2D eigenvalue weighted by Crippen LogP contribution is -2.30. The number of nitrogens with one attached hydrogen (secondary N) is 1. The molecule has 1 atom stereocenters. The van der Waals surface area contributed by atoms with E-state index in [-0.39, 0.29) is 24.7 Å². The minimum atomic E-state index is -0.866. The number of aryl methyl sites for hydroxylation is 1. The van der Waals surface area contributed by atoms with Gasteiger partial charge in [0.05, 0.1) is 12.1 Å². The Morgan fingerprint density at radius 3 is 2.91 bits per heavy atom. The molecule has 0 aliphatic carbocycles. The third-order valence-corrected chi connectivity index (χ3v) is 3.84. The third kappa shape index (κ3) is 4.42. The minimum absolute atomic E-state index is 0.0333. The van der Waals surface area contributed by atoms with Crippen LogP contribution in [0.2, 0.25) is 0 Å². The second kappa shape index (κ2) is 7.22. The molecule has 1 amide bonds. The number of thiophene rings is 1. The fourth-order valence-corrected chi connectivity index (χ4v) is 2.60. The molecule has 0 fully saturated rings. The average molecular weight is 322 g/mol. The van der Waals surface area contributed by atoms with Gasteiger partial charge in [-0.15, -0.1) is 0 Å². The van der Waals surface area contributed by atoms with Crippen LogP contribution in [0.25, 0.3) is 11.5 Å². The first-order valence-corrected chi connectivity index (χ1v) is 7.87. The van der Waals surface area contributed by atoms with Crippen molar-refractivity contribution in [1.29, 1.82) is 0 Å². The first-order chi connectivity index (χ1) is 10.5. The molecule has 0 aromatic carbocycles. The molecule has 22 heavy (non-hydrogen) atoms. The second-order valence-corrected chi connectivity index (χ2v) is 6.00. The van der Waals surface area contributed by atoms with Crippen LogP contribution in [-0.4, -0.2) is 28.5 Å². The highest BCUT2D eigenvalue weighted by Gasteiger charge is 2.16. The number of nitrogens with zero attached hydrogens (tertiary/aromatic N) is 1. The maximum Gasteiger partial charge on any atom is 0.303 e. The molecule has 2 aromatic rings. The standard InChI is InChI=1S/C15H18N2O4S/c1-9(5-14(19)20)7-16-13(18)6-12-10(2)21-15(17-12)11-3-4-22-8-11/h3-4,8-9H,5-7H2,1-2H3,(H,16,18)(H,19,20). The van der Waals surface area contributed by atoms with E-state index in [0.717, 1.165) is 5.56 Å². The molecule has 2 N–H and O–H groups in total. The first kappa shape index (κ1) is 16.2. The fourth-order valence-electron chi connectivity index (χ4n) is 1.97. The predicted molar refractivity (Wildman–Crippen MR) is 82.7 cm³/mol. The van der Waals surface area contributed by atoms with E-state index in [9.17, 15) is 9.59 Å². The van der Waals surface area contributed by atoms with E-state index in [0.29, 0.717) is 23.9 Å². The Hall–Kier alpha value is -2.15. The highest BCUT2D eigenvalue weighted by atomic mass is 32.1. The fraction of sp³-hybridized carbons (Fsp3) is 0.400. The number of carbonyl (C=O) groups excluding carboxylic acids is 1. The summed E-state index contributed by atoms with van der Waals surface area (Å²) in [6.07, 6.45) is 0.158. The van der Waals surface area contributed by atoms with Crippen molar-refractivity contribution < 1.29 is 19.1 Å². The van der Waals surface area contributed by atoms with Crippen molar-refractivity contribution >= 4 is 23.2 Å². The van der Waals surface area contributed by atoms with Crippen molar-refractivity contribution in [3.8, 4) is 11.5 Å². The van der Waals surface area contributed by atoms with Gasteiger partial charge >= 0.3 is 5.97 Å². The van der Waals surface area contributed by atoms with E-state index in [2.05, 4.69) is 10.3 Å². The van der Waals surface area contributed by atoms with Gasteiger partial charge in [-0.2, -0.15) is 11.3 Å². The molecule has 6 nitrogen and oxygen atoms in total. The Balaban J connectivity index is 1.90. The summed E-state index contributed by atoms with van der Waals surface area (Å²) in [6, 6.07) is 1.91. The summed E-state index contributed by atoms with van der Waals surface area (Å²) < 4.78 is 5.58. The summed E-state index contributed by atoms with van der Waals surface area (Å²) >= 11 is 1.55. The molecule has 2 aromatic heterocycles. The lowest BCUT2D eigenvalue weighted by Gasteiger charge is -2.09.